The fourth-order valence-corrected chi connectivity index (χ4v) is 2.07. The molecule has 0 saturated heterocycles. The van der Waals surface area contributed by atoms with Crippen molar-refractivity contribution in [1.82, 2.24) is 0 Å². The summed E-state index contributed by atoms with van der Waals surface area (Å²) in [6.07, 6.45) is 13.5. The summed E-state index contributed by atoms with van der Waals surface area (Å²) in [7, 11) is 0. The minimum Gasteiger partial charge on any atom is -0.455 e. The topological polar surface area (TPSA) is 107 Å². The second kappa shape index (κ2) is 10.8. The minimum absolute atomic E-state index is 0.0399. The Hall–Kier alpha value is -1.99. The van der Waals surface area contributed by atoms with E-state index in [1.165, 1.54) is 31.2 Å². The number of allylic oxidation sites excluding steroid dienone is 4. The Labute approximate surface area is 147 Å². The molecule has 0 fully saturated rings. The van der Waals surface area contributed by atoms with E-state index in [1.54, 1.807) is 36.5 Å². The van der Waals surface area contributed by atoms with E-state index in [2.05, 4.69) is 0 Å². The van der Waals surface area contributed by atoms with Crippen LogP contribution in [-0.4, -0.2) is 56.9 Å². The van der Waals surface area contributed by atoms with E-state index in [0.717, 1.165) is 0 Å². The van der Waals surface area contributed by atoms with Gasteiger partial charge in [-0.1, -0.05) is 48.6 Å². The largest absolute Gasteiger partial charge is 0.455 e. The van der Waals surface area contributed by atoms with Gasteiger partial charge in [0.25, 0.3) is 0 Å². The van der Waals surface area contributed by atoms with Crippen LogP contribution >= 0.6 is 0 Å². The van der Waals surface area contributed by atoms with Gasteiger partial charge in [0.05, 0.1) is 18.8 Å². The predicted molar refractivity (Wildman–Crippen MR) is 94.5 cm³/mol. The van der Waals surface area contributed by atoms with E-state index in [-0.39, 0.29) is 13.0 Å². The van der Waals surface area contributed by atoms with Gasteiger partial charge in [-0.25, -0.2) is 4.79 Å². The predicted octanol–water partition coefficient (Wildman–Crippen LogP) is 0.938. The van der Waals surface area contributed by atoms with Crippen molar-refractivity contribution >= 4 is 5.97 Å². The highest BCUT2D eigenvalue weighted by Crippen LogP contribution is 2.19. The van der Waals surface area contributed by atoms with Crippen LogP contribution in [0.3, 0.4) is 0 Å². The lowest BCUT2D eigenvalue weighted by molar-refractivity contribution is -0.141. The normalized spacial score (nSPS) is 23.6. The molecule has 138 valence electrons. The van der Waals surface area contributed by atoms with Crippen molar-refractivity contribution in [3.05, 3.63) is 60.8 Å². The van der Waals surface area contributed by atoms with E-state index in [9.17, 15) is 20.1 Å². The first-order chi connectivity index (χ1) is 11.8. The molecule has 6 heteroatoms. The molecule has 0 amide bonds. The highest BCUT2D eigenvalue weighted by atomic mass is 16.5. The zero-order valence-corrected chi connectivity index (χ0v) is 14.2. The highest BCUT2D eigenvalue weighted by Gasteiger charge is 2.29. The third-order valence-corrected chi connectivity index (χ3v) is 3.59. The van der Waals surface area contributed by atoms with Gasteiger partial charge >= 0.3 is 5.97 Å². The van der Waals surface area contributed by atoms with Gasteiger partial charge in [-0.05, 0) is 13.0 Å². The monoisotopic (exact) mass is 350 g/mol. The number of esters is 1. The van der Waals surface area contributed by atoms with Gasteiger partial charge in [-0.15, -0.1) is 0 Å². The van der Waals surface area contributed by atoms with E-state index >= 15 is 0 Å². The first-order valence-electron chi connectivity index (χ1n) is 8.11. The summed E-state index contributed by atoms with van der Waals surface area (Å²) in [4.78, 5) is 11.1. The van der Waals surface area contributed by atoms with Crippen LogP contribution in [0.15, 0.2) is 60.8 Å². The first-order valence-corrected chi connectivity index (χ1v) is 8.11. The summed E-state index contributed by atoms with van der Waals surface area (Å²) in [6.45, 7) is 1.38. The lowest BCUT2D eigenvalue weighted by Gasteiger charge is -2.27. The van der Waals surface area contributed by atoms with Crippen molar-refractivity contribution in [2.24, 2.45) is 0 Å². The molecular formula is C19H26O6. The van der Waals surface area contributed by atoms with Gasteiger partial charge in [0, 0.05) is 18.9 Å². The number of cyclic esters (lactones) is 1. The first kappa shape index (κ1) is 21.1. The second-order valence-corrected chi connectivity index (χ2v) is 5.90. The van der Waals surface area contributed by atoms with Gasteiger partial charge < -0.3 is 25.2 Å². The molecule has 1 aliphatic rings. The Kier molecular flexibility index (Phi) is 9.08. The van der Waals surface area contributed by atoms with E-state index in [1.807, 2.05) is 0 Å². The molecule has 0 aromatic carbocycles. The summed E-state index contributed by atoms with van der Waals surface area (Å²) in [5.41, 5.74) is -1.57. The van der Waals surface area contributed by atoms with E-state index in [4.69, 9.17) is 9.84 Å². The average molecular weight is 350 g/mol. The van der Waals surface area contributed by atoms with Gasteiger partial charge in [0.2, 0.25) is 0 Å². The maximum absolute atomic E-state index is 11.1. The van der Waals surface area contributed by atoms with Crippen molar-refractivity contribution in [3.8, 4) is 0 Å². The van der Waals surface area contributed by atoms with Crippen molar-refractivity contribution < 1.29 is 30.0 Å². The molecule has 6 nitrogen and oxygen atoms in total. The maximum atomic E-state index is 11.1. The summed E-state index contributed by atoms with van der Waals surface area (Å²) in [5.74, 6) is -0.441. The number of hydrogen-bond acceptors (Lipinski definition) is 6. The second-order valence-electron chi connectivity index (χ2n) is 5.90. The molecule has 0 saturated carbocycles. The Morgan fingerprint density at radius 2 is 2.04 bits per heavy atom. The average Bonchev–Trinajstić information content (AvgIpc) is 2.56. The van der Waals surface area contributed by atoms with Crippen molar-refractivity contribution in [1.29, 1.82) is 0 Å². The number of ether oxygens (including phenoxy) is 1. The fraction of sp³-hybridized carbons (Fsp3) is 0.421. The lowest BCUT2D eigenvalue weighted by atomic mass is 9.93. The molecule has 0 spiro atoms. The van der Waals surface area contributed by atoms with Crippen LogP contribution in [-0.2, 0) is 9.53 Å². The number of rotatable bonds is 9. The molecule has 1 heterocycles. The zero-order valence-electron chi connectivity index (χ0n) is 14.2. The minimum atomic E-state index is -1.57. The SMILES string of the molecule is C[C@@](O)(C=C[C@H]1CC=CC(=O)O1)[C@H](O)C[C@@H](O)C=CC=CC=CCO. The molecule has 0 aromatic heterocycles. The third kappa shape index (κ3) is 8.60. The molecule has 25 heavy (non-hydrogen) atoms. The van der Waals surface area contributed by atoms with Crippen LogP contribution < -0.4 is 0 Å². The van der Waals surface area contributed by atoms with Crippen LogP contribution in [0.5, 0.6) is 0 Å². The maximum Gasteiger partial charge on any atom is 0.331 e. The zero-order chi connectivity index (χ0) is 18.7. The molecule has 0 radical (unpaired) electrons. The molecule has 0 bridgehead atoms. The smallest absolute Gasteiger partial charge is 0.331 e. The highest BCUT2D eigenvalue weighted by molar-refractivity contribution is 5.82. The van der Waals surface area contributed by atoms with Gasteiger partial charge in [0.15, 0.2) is 0 Å². The molecule has 0 aliphatic carbocycles. The summed E-state index contributed by atoms with van der Waals surface area (Å²) >= 11 is 0. The molecular weight excluding hydrogens is 324 g/mol. The Bertz CT molecular complexity index is 556. The fourth-order valence-electron chi connectivity index (χ4n) is 2.07. The molecule has 1 aliphatic heterocycles. The summed E-state index contributed by atoms with van der Waals surface area (Å²) < 4.78 is 5.04. The Balaban J connectivity index is 2.50. The van der Waals surface area contributed by atoms with E-state index < -0.39 is 29.9 Å². The number of hydrogen-bond donors (Lipinski definition) is 4. The number of aliphatic hydroxyl groups is 4. The summed E-state index contributed by atoms with van der Waals surface area (Å²) in [5, 5.41) is 38.9. The molecule has 0 unspecified atom stereocenters. The molecule has 0 aromatic rings. The van der Waals surface area contributed by atoms with Gasteiger partial charge in [0.1, 0.15) is 11.7 Å². The Morgan fingerprint density at radius 3 is 2.72 bits per heavy atom. The Morgan fingerprint density at radius 1 is 1.32 bits per heavy atom. The van der Waals surface area contributed by atoms with Gasteiger partial charge in [-0.3, -0.25) is 0 Å². The standard InChI is InChI=1S/C19H26O6/c1-19(24,12-11-16-9-7-10-18(23)25-16)17(22)14-15(21)8-5-3-2-4-6-13-20/h2-8,10-12,15-17,20-22,24H,9,13-14H2,1H3/t15-,16+,17+,19+/m0/s1. The lowest BCUT2D eigenvalue weighted by Crippen LogP contribution is -2.39. The quantitative estimate of drug-likeness (QED) is 0.280. The van der Waals surface area contributed by atoms with Crippen LogP contribution in [0.4, 0.5) is 0 Å². The molecule has 1 rings (SSSR count). The number of carbonyl (C=O) groups is 1. The number of aliphatic hydroxyl groups excluding tert-OH is 3. The third-order valence-electron chi connectivity index (χ3n) is 3.59. The van der Waals surface area contributed by atoms with Crippen molar-refractivity contribution in [2.75, 3.05) is 6.61 Å². The van der Waals surface area contributed by atoms with Gasteiger partial charge in [-0.2, -0.15) is 0 Å². The van der Waals surface area contributed by atoms with Crippen molar-refractivity contribution in [2.45, 2.75) is 43.7 Å². The van der Waals surface area contributed by atoms with Crippen LogP contribution in [0.1, 0.15) is 19.8 Å². The van der Waals surface area contributed by atoms with Crippen molar-refractivity contribution in [3.63, 3.8) is 0 Å². The van der Waals surface area contributed by atoms with E-state index in [0.29, 0.717) is 6.42 Å². The number of carbonyl (C=O) groups excluding carboxylic acids is 1. The summed E-state index contributed by atoms with van der Waals surface area (Å²) in [6, 6.07) is 0. The molecule has 4 N–H and O–H groups in total. The van der Waals surface area contributed by atoms with Crippen LogP contribution in [0.2, 0.25) is 0 Å². The molecule has 4 atom stereocenters. The van der Waals surface area contributed by atoms with Crippen LogP contribution in [0.25, 0.3) is 0 Å². The van der Waals surface area contributed by atoms with Crippen LogP contribution in [0, 0.1) is 0 Å².